The Morgan fingerprint density at radius 1 is 1.07 bits per heavy atom. The van der Waals surface area contributed by atoms with Crippen LogP contribution in [0.3, 0.4) is 0 Å². The number of allylic oxidation sites excluding steroid dienone is 1. The van der Waals surface area contributed by atoms with Gasteiger partial charge in [0.05, 0.1) is 28.8 Å². The molecule has 0 atom stereocenters. The SMILES string of the molecule is CCN(CC)c1ccc2cc(C=C(C#N)c3ccc(C#N)cc3)c(=O)oc2c1. The molecule has 0 fully saturated rings. The summed E-state index contributed by atoms with van der Waals surface area (Å²) in [4.78, 5) is 14.6. The number of hydrogen-bond acceptors (Lipinski definition) is 5. The summed E-state index contributed by atoms with van der Waals surface area (Å²) in [5.74, 6) is 0. The predicted molar refractivity (Wildman–Crippen MR) is 111 cm³/mol. The van der Waals surface area contributed by atoms with Crippen LogP contribution >= 0.6 is 0 Å². The van der Waals surface area contributed by atoms with Crippen molar-refractivity contribution >= 4 is 28.3 Å². The van der Waals surface area contributed by atoms with Crippen LogP contribution in [0.4, 0.5) is 5.69 Å². The standard InChI is InChI=1S/C23H19N3O2/c1-3-26(4-2)21-10-9-18-11-19(23(27)28-22(18)13-21)12-20(15-25)17-7-5-16(14-24)6-8-17/h5-13H,3-4H2,1-2H3. The summed E-state index contributed by atoms with van der Waals surface area (Å²) in [7, 11) is 0. The minimum atomic E-state index is -0.495. The fourth-order valence-electron chi connectivity index (χ4n) is 3.06. The Morgan fingerprint density at radius 2 is 1.79 bits per heavy atom. The lowest BCUT2D eigenvalue weighted by molar-refractivity contribution is 0.559. The first-order chi connectivity index (χ1) is 13.6. The van der Waals surface area contributed by atoms with Gasteiger partial charge < -0.3 is 9.32 Å². The molecule has 0 aliphatic carbocycles. The molecule has 5 heteroatoms. The lowest BCUT2D eigenvalue weighted by Crippen LogP contribution is -2.21. The Bertz CT molecular complexity index is 1170. The first kappa shape index (κ1) is 18.9. The van der Waals surface area contributed by atoms with E-state index in [0.29, 0.717) is 27.8 Å². The number of nitrogens with zero attached hydrogens (tertiary/aromatic N) is 3. The summed E-state index contributed by atoms with van der Waals surface area (Å²) in [6.07, 6.45) is 1.52. The fourth-order valence-corrected chi connectivity index (χ4v) is 3.06. The zero-order chi connectivity index (χ0) is 20.1. The van der Waals surface area contributed by atoms with E-state index < -0.39 is 5.63 Å². The number of fused-ring (bicyclic) bond motifs is 1. The molecule has 0 saturated heterocycles. The molecular weight excluding hydrogens is 350 g/mol. The third kappa shape index (κ3) is 3.79. The van der Waals surface area contributed by atoms with Crippen LogP contribution in [0.5, 0.6) is 0 Å². The zero-order valence-corrected chi connectivity index (χ0v) is 15.8. The van der Waals surface area contributed by atoms with Gasteiger partial charge in [-0.25, -0.2) is 4.79 Å². The molecule has 138 valence electrons. The quantitative estimate of drug-likeness (QED) is 0.486. The Balaban J connectivity index is 2.05. The third-order valence-electron chi connectivity index (χ3n) is 4.62. The maximum atomic E-state index is 12.5. The van der Waals surface area contributed by atoms with Crippen molar-refractivity contribution in [2.45, 2.75) is 13.8 Å². The van der Waals surface area contributed by atoms with Gasteiger partial charge in [-0.1, -0.05) is 12.1 Å². The van der Waals surface area contributed by atoms with Gasteiger partial charge >= 0.3 is 5.63 Å². The molecule has 3 aromatic rings. The van der Waals surface area contributed by atoms with Gasteiger partial charge in [-0.05, 0) is 55.8 Å². The molecule has 0 bridgehead atoms. The highest BCUT2D eigenvalue weighted by molar-refractivity contribution is 5.91. The predicted octanol–water partition coefficient (Wildman–Crippen LogP) is 4.58. The molecule has 0 unspecified atom stereocenters. The normalized spacial score (nSPS) is 11.1. The molecule has 0 radical (unpaired) electrons. The van der Waals surface area contributed by atoms with Crippen LogP contribution in [0.1, 0.15) is 30.5 Å². The zero-order valence-electron chi connectivity index (χ0n) is 15.8. The van der Waals surface area contributed by atoms with E-state index in [1.165, 1.54) is 6.08 Å². The highest BCUT2D eigenvalue weighted by Crippen LogP contribution is 2.23. The first-order valence-electron chi connectivity index (χ1n) is 9.04. The summed E-state index contributed by atoms with van der Waals surface area (Å²) in [6.45, 7) is 5.88. The molecule has 5 nitrogen and oxygen atoms in total. The van der Waals surface area contributed by atoms with Crippen LogP contribution in [-0.4, -0.2) is 13.1 Å². The minimum Gasteiger partial charge on any atom is -0.422 e. The van der Waals surface area contributed by atoms with Crippen molar-refractivity contribution in [3.63, 3.8) is 0 Å². The lowest BCUT2D eigenvalue weighted by atomic mass is 10.0. The second-order valence-corrected chi connectivity index (χ2v) is 6.24. The maximum Gasteiger partial charge on any atom is 0.343 e. The smallest absolute Gasteiger partial charge is 0.343 e. The van der Waals surface area contributed by atoms with Gasteiger partial charge in [0.25, 0.3) is 0 Å². The van der Waals surface area contributed by atoms with Gasteiger partial charge in [0.1, 0.15) is 5.58 Å². The molecule has 0 aliphatic heterocycles. The van der Waals surface area contributed by atoms with Gasteiger partial charge in [-0.3, -0.25) is 0 Å². The monoisotopic (exact) mass is 369 g/mol. The molecule has 0 saturated carbocycles. The molecule has 0 N–H and O–H groups in total. The second-order valence-electron chi connectivity index (χ2n) is 6.24. The summed E-state index contributed by atoms with van der Waals surface area (Å²) in [6, 6.07) is 18.3. The number of rotatable bonds is 5. The van der Waals surface area contributed by atoms with Gasteiger partial charge in [0.15, 0.2) is 0 Å². The van der Waals surface area contributed by atoms with Crippen molar-refractivity contribution in [3.05, 3.63) is 75.6 Å². The molecular formula is C23H19N3O2. The van der Waals surface area contributed by atoms with Crippen LogP contribution in [0, 0.1) is 22.7 Å². The van der Waals surface area contributed by atoms with E-state index in [9.17, 15) is 10.1 Å². The average Bonchev–Trinajstić information content (AvgIpc) is 2.73. The van der Waals surface area contributed by atoms with Crippen molar-refractivity contribution in [1.82, 2.24) is 0 Å². The average molecular weight is 369 g/mol. The van der Waals surface area contributed by atoms with E-state index in [4.69, 9.17) is 9.68 Å². The van der Waals surface area contributed by atoms with E-state index in [-0.39, 0.29) is 0 Å². The topological polar surface area (TPSA) is 81.0 Å². The molecule has 28 heavy (non-hydrogen) atoms. The number of benzene rings is 2. The van der Waals surface area contributed by atoms with Crippen LogP contribution < -0.4 is 10.5 Å². The van der Waals surface area contributed by atoms with Crippen LogP contribution in [-0.2, 0) is 0 Å². The molecule has 1 heterocycles. The highest BCUT2D eigenvalue weighted by Gasteiger charge is 2.09. The maximum absolute atomic E-state index is 12.5. The Kier molecular flexibility index (Phi) is 5.58. The molecule has 0 amide bonds. The number of nitriles is 2. The summed E-state index contributed by atoms with van der Waals surface area (Å²) < 4.78 is 5.51. The minimum absolute atomic E-state index is 0.309. The Labute approximate surface area is 163 Å². The number of anilines is 1. The highest BCUT2D eigenvalue weighted by atomic mass is 16.4. The molecule has 3 rings (SSSR count). The van der Waals surface area contributed by atoms with Crippen molar-refractivity contribution in [2.24, 2.45) is 0 Å². The molecule has 2 aromatic carbocycles. The van der Waals surface area contributed by atoms with Crippen LogP contribution in [0.2, 0.25) is 0 Å². The Hall–Kier alpha value is -3.83. The largest absolute Gasteiger partial charge is 0.422 e. The third-order valence-corrected chi connectivity index (χ3v) is 4.62. The van der Waals surface area contributed by atoms with Crippen molar-refractivity contribution in [2.75, 3.05) is 18.0 Å². The van der Waals surface area contributed by atoms with E-state index in [2.05, 4.69) is 24.8 Å². The van der Waals surface area contributed by atoms with Crippen molar-refractivity contribution in [1.29, 1.82) is 10.5 Å². The van der Waals surface area contributed by atoms with E-state index in [0.717, 1.165) is 24.2 Å². The molecule has 0 aliphatic rings. The Morgan fingerprint density at radius 3 is 2.39 bits per heavy atom. The second kappa shape index (κ2) is 8.24. The van der Waals surface area contributed by atoms with E-state index in [1.807, 2.05) is 24.3 Å². The van der Waals surface area contributed by atoms with Crippen molar-refractivity contribution in [3.8, 4) is 12.1 Å². The van der Waals surface area contributed by atoms with Crippen LogP contribution in [0.15, 0.2) is 57.7 Å². The van der Waals surface area contributed by atoms with Crippen LogP contribution in [0.25, 0.3) is 22.6 Å². The van der Waals surface area contributed by atoms with Gasteiger partial charge in [0.2, 0.25) is 0 Å². The summed E-state index contributed by atoms with van der Waals surface area (Å²) in [5.41, 5.74) is 2.81. The lowest BCUT2D eigenvalue weighted by Gasteiger charge is -2.20. The summed E-state index contributed by atoms with van der Waals surface area (Å²) >= 11 is 0. The molecule has 1 aromatic heterocycles. The summed E-state index contributed by atoms with van der Waals surface area (Å²) in [5, 5.41) is 19.2. The van der Waals surface area contributed by atoms with Gasteiger partial charge in [0, 0.05) is 30.2 Å². The van der Waals surface area contributed by atoms with Gasteiger partial charge in [-0.15, -0.1) is 0 Å². The molecule has 0 spiro atoms. The number of hydrogen-bond donors (Lipinski definition) is 0. The van der Waals surface area contributed by atoms with E-state index >= 15 is 0 Å². The van der Waals surface area contributed by atoms with Gasteiger partial charge in [-0.2, -0.15) is 10.5 Å². The first-order valence-corrected chi connectivity index (χ1v) is 9.04. The van der Waals surface area contributed by atoms with Crippen molar-refractivity contribution < 1.29 is 4.42 Å². The van der Waals surface area contributed by atoms with E-state index in [1.54, 1.807) is 30.3 Å². The fraction of sp³-hybridized carbons (Fsp3) is 0.174.